The standard InChI is InChI=1S/C79H154O17P2/c1-6-9-12-15-18-20-22-24-26-27-28-32-35-39-43-48-53-58-63-77(82)90-69-75(96-79(84)65-60-55-50-45-41-37-33-29-31-34-38-42-47-51-56-61-72(4)5)71-94-98(87,88)92-67-73(80)66-91-97(85,86)93-70-74(68-89-76(81)62-57-52-46-17-14-11-8-3)95-78(83)64-59-54-49-44-40-36-30-25-23-21-19-16-13-10-7-2/h72-75,80H,6-71H2,1-5H3,(H,85,86)(H,87,88)/t73-,74+,75+/m0/s1. The van der Waals surface area contributed by atoms with Gasteiger partial charge < -0.3 is 33.8 Å². The van der Waals surface area contributed by atoms with Gasteiger partial charge in [0, 0.05) is 25.7 Å². The number of hydrogen-bond donors (Lipinski definition) is 3. The predicted molar refractivity (Wildman–Crippen MR) is 400 cm³/mol. The fourth-order valence-corrected chi connectivity index (χ4v) is 13.8. The van der Waals surface area contributed by atoms with E-state index in [4.69, 9.17) is 37.0 Å². The zero-order valence-corrected chi connectivity index (χ0v) is 65.7. The molecule has 19 heteroatoms. The maximum atomic E-state index is 13.1. The fraction of sp³-hybridized carbons (Fsp3) is 0.949. The first-order valence-electron chi connectivity index (χ1n) is 41.1. The minimum absolute atomic E-state index is 0.108. The third-order valence-corrected chi connectivity index (χ3v) is 20.4. The second kappa shape index (κ2) is 72.0. The molecular weight excluding hydrogens is 1280 g/mol. The SMILES string of the molecule is CCCCCCCCCCCCCCCCCCCCC(=O)OC[C@H](COP(=O)(O)OC[C@@H](O)COP(=O)(O)OC[C@@H](COC(=O)CCCCCCCCC)OC(=O)CCCCCCCCCCCCCCCCC)OC(=O)CCCCCCCCCCCCCCCCCC(C)C. The molecule has 582 valence electrons. The van der Waals surface area contributed by atoms with Gasteiger partial charge in [-0.25, -0.2) is 9.13 Å². The molecule has 3 N–H and O–H groups in total. The highest BCUT2D eigenvalue weighted by atomic mass is 31.2. The molecule has 0 aliphatic carbocycles. The molecule has 98 heavy (non-hydrogen) atoms. The molecule has 0 heterocycles. The van der Waals surface area contributed by atoms with Gasteiger partial charge in [-0.15, -0.1) is 0 Å². The van der Waals surface area contributed by atoms with Crippen LogP contribution in [0.2, 0.25) is 0 Å². The maximum absolute atomic E-state index is 13.1. The summed E-state index contributed by atoms with van der Waals surface area (Å²) in [7, 11) is -9.91. The summed E-state index contributed by atoms with van der Waals surface area (Å²) in [6, 6.07) is 0. The minimum Gasteiger partial charge on any atom is -0.462 e. The normalized spacial score (nSPS) is 13.9. The first-order valence-corrected chi connectivity index (χ1v) is 44.1. The van der Waals surface area contributed by atoms with Crippen molar-refractivity contribution in [2.75, 3.05) is 39.6 Å². The first-order chi connectivity index (χ1) is 47.5. The van der Waals surface area contributed by atoms with E-state index < -0.39 is 97.5 Å². The van der Waals surface area contributed by atoms with Crippen LogP contribution in [0.4, 0.5) is 0 Å². The highest BCUT2D eigenvalue weighted by Crippen LogP contribution is 2.45. The molecule has 0 aromatic rings. The van der Waals surface area contributed by atoms with Crippen LogP contribution in [0.15, 0.2) is 0 Å². The summed E-state index contributed by atoms with van der Waals surface area (Å²) >= 11 is 0. The number of carbonyl (C=O) groups excluding carboxylic acids is 4. The summed E-state index contributed by atoms with van der Waals surface area (Å²) in [5.74, 6) is -1.31. The number of hydrogen-bond acceptors (Lipinski definition) is 15. The summed E-state index contributed by atoms with van der Waals surface area (Å²) in [6.45, 7) is 7.31. The Morgan fingerprint density at radius 1 is 0.276 bits per heavy atom. The van der Waals surface area contributed by atoms with Gasteiger partial charge in [0.15, 0.2) is 12.2 Å². The van der Waals surface area contributed by atoms with E-state index in [1.165, 1.54) is 231 Å². The first kappa shape index (κ1) is 96.1. The zero-order valence-electron chi connectivity index (χ0n) is 63.9. The number of ether oxygens (including phenoxy) is 4. The van der Waals surface area contributed by atoms with Crippen LogP contribution in [0, 0.1) is 5.92 Å². The monoisotopic (exact) mass is 1440 g/mol. The summed E-state index contributed by atoms with van der Waals surface area (Å²) < 4.78 is 68.5. The van der Waals surface area contributed by atoms with Gasteiger partial charge in [-0.3, -0.25) is 37.3 Å². The number of aliphatic hydroxyl groups is 1. The highest BCUT2D eigenvalue weighted by molar-refractivity contribution is 7.47. The van der Waals surface area contributed by atoms with Crippen LogP contribution in [0.1, 0.15) is 420 Å². The smallest absolute Gasteiger partial charge is 0.462 e. The Kier molecular flexibility index (Phi) is 70.6. The van der Waals surface area contributed by atoms with Crippen LogP contribution in [0.25, 0.3) is 0 Å². The van der Waals surface area contributed by atoms with E-state index in [0.717, 1.165) is 109 Å². The lowest BCUT2D eigenvalue weighted by molar-refractivity contribution is -0.161. The van der Waals surface area contributed by atoms with Crippen molar-refractivity contribution >= 4 is 39.5 Å². The predicted octanol–water partition coefficient (Wildman–Crippen LogP) is 23.6. The average molecular weight is 1440 g/mol. The van der Waals surface area contributed by atoms with Crippen molar-refractivity contribution in [2.24, 2.45) is 5.92 Å². The molecule has 0 saturated carbocycles. The van der Waals surface area contributed by atoms with Gasteiger partial charge in [0.05, 0.1) is 26.4 Å². The van der Waals surface area contributed by atoms with Crippen LogP contribution >= 0.6 is 15.6 Å². The number of aliphatic hydroxyl groups excluding tert-OH is 1. The molecule has 5 atom stereocenters. The Balaban J connectivity index is 5.18. The number of phosphoric acid groups is 2. The van der Waals surface area contributed by atoms with E-state index in [0.29, 0.717) is 25.7 Å². The molecular formula is C79H154O17P2. The third kappa shape index (κ3) is 72.4. The number of rotatable bonds is 79. The van der Waals surface area contributed by atoms with Gasteiger partial charge in [0.1, 0.15) is 19.3 Å². The molecule has 2 unspecified atom stereocenters. The van der Waals surface area contributed by atoms with Crippen molar-refractivity contribution in [1.29, 1.82) is 0 Å². The quantitative estimate of drug-likeness (QED) is 0.0222. The maximum Gasteiger partial charge on any atom is 0.472 e. The van der Waals surface area contributed by atoms with Crippen LogP contribution < -0.4 is 0 Å². The molecule has 0 spiro atoms. The zero-order chi connectivity index (χ0) is 71.9. The topological polar surface area (TPSA) is 237 Å². The van der Waals surface area contributed by atoms with Gasteiger partial charge in [0.25, 0.3) is 0 Å². The number of esters is 4. The second-order valence-electron chi connectivity index (χ2n) is 28.9. The van der Waals surface area contributed by atoms with Crippen molar-refractivity contribution < 1.29 is 80.2 Å². The van der Waals surface area contributed by atoms with Gasteiger partial charge in [0.2, 0.25) is 0 Å². The molecule has 0 saturated heterocycles. The van der Waals surface area contributed by atoms with Crippen molar-refractivity contribution in [3.05, 3.63) is 0 Å². The second-order valence-corrected chi connectivity index (χ2v) is 31.8. The number of phosphoric ester groups is 2. The van der Waals surface area contributed by atoms with Gasteiger partial charge in [-0.2, -0.15) is 0 Å². The van der Waals surface area contributed by atoms with Crippen LogP contribution in [-0.4, -0.2) is 96.7 Å². The van der Waals surface area contributed by atoms with E-state index in [2.05, 4.69) is 34.6 Å². The Hall–Kier alpha value is -1.94. The lowest BCUT2D eigenvalue weighted by Crippen LogP contribution is -2.30. The molecule has 0 aliphatic heterocycles. The van der Waals surface area contributed by atoms with Gasteiger partial charge in [-0.1, -0.05) is 369 Å². The van der Waals surface area contributed by atoms with Crippen molar-refractivity contribution in [1.82, 2.24) is 0 Å². The average Bonchev–Trinajstić information content (AvgIpc) is 1.43. The van der Waals surface area contributed by atoms with E-state index in [1.807, 2.05) is 0 Å². The molecule has 0 radical (unpaired) electrons. The molecule has 0 bridgehead atoms. The van der Waals surface area contributed by atoms with Crippen LogP contribution in [0.3, 0.4) is 0 Å². The molecule has 0 rings (SSSR count). The Labute approximate surface area is 600 Å². The van der Waals surface area contributed by atoms with E-state index >= 15 is 0 Å². The summed E-state index contributed by atoms with van der Waals surface area (Å²) in [4.78, 5) is 72.8. The molecule has 0 aromatic carbocycles. The Morgan fingerprint density at radius 2 is 0.469 bits per heavy atom. The fourth-order valence-electron chi connectivity index (χ4n) is 12.2. The molecule has 0 amide bonds. The Morgan fingerprint density at radius 3 is 0.694 bits per heavy atom. The molecule has 17 nitrogen and oxygen atoms in total. The van der Waals surface area contributed by atoms with Crippen molar-refractivity contribution in [2.45, 2.75) is 438 Å². The summed E-state index contributed by atoms with van der Waals surface area (Å²) in [5.41, 5.74) is 0. The molecule has 0 fully saturated rings. The van der Waals surface area contributed by atoms with Crippen molar-refractivity contribution in [3.8, 4) is 0 Å². The van der Waals surface area contributed by atoms with E-state index in [9.17, 15) is 43.2 Å². The number of unbranched alkanes of at least 4 members (excludes halogenated alkanes) is 51. The van der Waals surface area contributed by atoms with Gasteiger partial charge >= 0.3 is 39.5 Å². The lowest BCUT2D eigenvalue weighted by Gasteiger charge is -2.21. The highest BCUT2D eigenvalue weighted by Gasteiger charge is 2.30. The third-order valence-electron chi connectivity index (χ3n) is 18.5. The molecule has 0 aliphatic rings. The van der Waals surface area contributed by atoms with Crippen molar-refractivity contribution in [3.63, 3.8) is 0 Å². The number of carbonyl (C=O) groups is 4. The van der Waals surface area contributed by atoms with E-state index in [-0.39, 0.29) is 25.7 Å². The lowest BCUT2D eigenvalue weighted by atomic mass is 10.0. The largest absolute Gasteiger partial charge is 0.472 e. The summed E-state index contributed by atoms with van der Waals surface area (Å²) in [5, 5.41) is 10.6. The van der Waals surface area contributed by atoms with Gasteiger partial charge in [-0.05, 0) is 31.6 Å². The van der Waals surface area contributed by atoms with E-state index in [1.54, 1.807) is 0 Å². The van der Waals surface area contributed by atoms with Crippen LogP contribution in [-0.2, 0) is 65.4 Å². The minimum atomic E-state index is -4.96. The molecule has 0 aromatic heterocycles. The summed E-state index contributed by atoms with van der Waals surface area (Å²) in [6.07, 6.45) is 62.5. The van der Waals surface area contributed by atoms with Crippen LogP contribution in [0.5, 0.6) is 0 Å². The Bertz CT molecular complexity index is 1870.